The molecule has 4 heterocycles. The van der Waals surface area contributed by atoms with E-state index in [-0.39, 0.29) is 23.6 Å². The van der Waals surface area contributed by atoms with Crippen molar-refractivity contribution in [3.05, 3.63) is 35.5 Å². The number of fused-ring (bicyclic) bond motifs is 3. The smallest absolute Gasteiger partial charge is 0.379 e. The Balaban J connectivity index is 0.00000225. The van der Waals surface area contributed by atoms with Crippen molar-refractivity contribution < 1.29 is 22.3 Å². The standard InChI is InChI=1S/C18H18F4N4O.ClH/c1-11-14(19)10-13-12-2-3-23-16(18(20,21)22)15(12)26(17(13)24-11)5-4-25-6-8-27-9-7-25;/h2-3,10H,4-9H2,1H3;1H. The molecule has 0 unspecified atom stereocenters. The summed E-state index contributed by atoms with van der Waals surface area (Å²) in [7, 11) is 0. The van der Waals surface area contributed by atoms with Crippen molar-refractivity contribution >= 4 is 34.3 Å². The third-order valence-electron chi connectivity index (χ3n) is 4.88. The van der Waals surface area contributed by atoms with E-state index in [0.717, 1.165) is 19.3 Å². The van der Waals surface area contributed by atoms with E-state index in [9.17, 15) is 17.6 Å². The minimum atomic E-state index is -4.61. The normalized spacial score (nSPS) is 15.9. The molecule has 0 atom stereocenters. The molecule has 0 spiro atoms. The van der Waals surface area contributed by atoms with Gasteiger partial charge in [-0.15, -0.1) is 12.4 Å². The number of hydrogen-bond donors (Lipinski definition) is 0. The number of alkyl halides is 3. The van der Waals surface area contributed by atoms with Gasteiger partial charge in [-0.2, -0.15) is 13.2 Å². The van der Waals surface area contributed by atoms with E-state index in [0.29, 0.717) is 42.7 Å². The summed E-state index contributed by atoms with van der Waals surface area (Å²) in [6, 6.07) is 2.74. The lowest BCUT2D eigenvalue weighted by atomic mass is 10.2. The van der Waals surface area contributed by atoms with Gasteiger partial charge in [0.05, 0.1) is 24.4 Å². The van der Waals surface area contributed by atoms with Gasteiger partial charge in [0.15, 0.2) is 5.69 Å². The lowest BCUT2D eigenvalue weighted by molar-refractivity contribution is -0.140. The third kappa shape index (κ3) is 3.66. The summed E-state index contributed by atoms with van der Waals surface area (Å²) in [6.07, 6.45) is -3.51. The van der Waals surface area contributed by atoms with Crippen LogP contribution in [0.2, 0.25) is 0 Å². The van der Waals surface area contributed by atoms with Crippen molar-refractivity contribution in [2.75, 3.05) is 32.8 Å². The van der Waals surface area contributed by atoms with Crippen LogP contribution < -0.4 is 0 Å². The van der Waals surface area contributed by atoms with Crippen LogP contribution in [0.25, 0.3) is 21.9 Å². The molecule has 5 nitrogen and oxygen atoms in total. The summed E-state index contributed by atoms with van der Waals surface area (Å²) in [5.41, 5.74) is -0.529. The molecule has 0 aliphatic carbocycles. The minimum Gasteiger partial charge on any atom is -0.379 e. The van der Waals surface area contributed by atoms with Crippen molar-refractivity contribution in [1.82, 2.24) is 19.4 Å². The third-order valence-corrected chi connectivity index (χ3v) is 4.88. The van der Waals surface area contributed by atoms with Crippen molar-refractivity contribution in [1.29, 1.82) is 0 Å². The highest BCUT2D eigenvalue weighted by Crippen LogP contribution is 2.37. The first-order chi connectivity index (χ1) is 12.9. The van der Waals surface area contributed by atoms with Crippen LogP contribution in [-0.4, -0.2) is 52.3 Å². The summed E-state index contributed by atoms with van der Waals surface area (Å²) in [5, 5.41) is 0.670. The lowest BCUT2D eigenvalue weighted by Gasteiger charge is -2.27. The van der Waals surface area contributed by atoms with Crippen LogP contribution >= 0.6 is 12.4 Å². The van der Waals surface area contributed by atoms with Gasteiger partial charge in [0.1, 0.15) is 11.5 Å². The molecule has 0 saturated carbocycles. The van der Waals surface area contributed by atoms with Crippen LogP contribution in [-0.2, 0) is 17.5 Å². The zero-order valence-corrected chi connectivity index (χ0v) is 15.9. The maximum Gasteiger partial charge on any atom is 0.435 e. The molecule has 1 saturated heterocycles. The van der Waals surface area contributed by atoms with Gasteiger partial charge in [0.2, 0.25) is 0 Å². The molecule has 3 aromatic heterocycles. The van der Waals surface area contributed by atoms with Crippen LogP contribution in [0, 0.1) is 12.7 Å². The van der Waals surface area contributed by atoms with Gasteiger partial charge in [-0.3, -0.25) is 4.90 Å². The van der Waals surface area contributed by atoms with Gasteiger partial charge in [0.25, 0.3) is 0 Å². The zero-order chi connectivity index (χ0) is 19.2. The molecule has 0 N–H and O–H groups in total. The van der Waals surface area contributed by atoms with E-state index < -0.39 is 17.7 Å². The molecule has 1 aliphatic heterocycles. The molecule has 1 fully saturated rings. The molecule has 1 aliphatic rings. The number of morpholine rings is 1. The number of halogens is 5. The summed E-state index contributed by atoms with van der Waals surface area (Å²) in [5.74, 6) is -0.542. The van der Waals surface area contributed by atoms with Gasteiger partial charge in [-0.05, 0) is 19.1 Å². The maximum atomic E-state index is 14.1. The highest BCUT2D eigenvalue weighted by Gasteiger charge is 2.36. The average molecular weight is 419 g/mol. The molecule has 4 rings (SSSR count). The minimum absolute atomic E-state index is 0. The Morgan fingerprint density at radius 1 is 1.14 bits per heavy atom. The first kappa shape index (κ1) is 20.8. The Morgan fingerprint density at radius 3 is 2.54 bits per heavy atom. The first-order valence-corrected chi connectivity index (χ1v) is 8.67. The van der Waals surface area contributed by atoms with Crippen molar-refractivity contribution in [3.8, 4) is 0 Å². The van der Waals surface area contributed by atoms with Crippen molar-refractivity contribution in [2.24, 2.45) is 0 Å². The fourth-order valence-corrected chi connectivity index (χ4v) is 3.51. The van der Waals surface area contributed by atoms with Gasteiger partial charge in [-0.1, -0.05) is 0 Å². The second-order valence-corrected chi connectivity index (χ2v) is 6.59. The SMILES string of the molecule is Cc1nc2c(cc1F)c1ccnc(C(F)(F)F)c1n2CCN1CCOCC1.Cl. The van der Waals surface area contributed by atoms with Gasteiger partial charge in [0, 0.05) is 43.1 Å². The summed E-state index contributed by atoms with van der Waals surface area (Å²) in [6.45, 7) is 5.00. The molecular weight excluding hydrogens is 400 g/mol. The molecule has 28 heavy (non-hydrogen) atoms. The van der Waals surface area contributed by atoms with Crippen LogP contribution in [0.5, 0.6) is 0 Å². The monoisotopic (exact) mass is 418 g/mol. The average Bonchev–Trinajstić information content (AvgIpc) is 2.93. The van der Waals surface area contributed by atoms with Crippen LogP contribution in [0.4, 0.5) is 17.6 Å². The lowest BCUT2D eigenvalue weighted by Crippen LogP contribution is -2.38. The predicted octanol–water partition coefficient (Wildman–Crippen LogP) is 3.80. The highest BCUT2D eigenvalue weighted by molar-refractivity contribution is 6.07. The molecular formula is C18H19ClF4N4O. The van der Waals surface area contributed by atoms with Gasteiger partial charge >= 0.3 is 6.18 Å². The van der Waals surface area contributed by atoms with E-state index in [1.165, 1.54) is 23.6 Å². The Kier molecular flexibility index (Phi) is 5.79. The fraction of sp³-hybridized carbons (Fsp3) is 0.444. The number of ether oxygens (including phenoxy) is 1. The molecule has 152 valence electrons. The van der Waals surface area contributed by atoms with Gasteiger partial charge in [-0.25, -0.2) is 14.4 Å². The molecule has 0 amide bonds. The number of rotatable bonds is 3. The Labute approximate surface area is 164 Å². The molecule has 0 bridgehead atoms. The van der Waals surface area contributed by atoms with E-state index in [1.54, 1.807) is 0 Å². The van der Waals surface area contributed by atoms with Gasteiger partial charge < -0.3 is 9.30 Å². The topological polar surface area (TPSA) is 43.2 Å². The number of hydrogen-bond acceptors (Lipinski definition) is 4. The number of aryl methyl sites for hydroxylation is 1. The van der Waals surface area contributed by atoms with E-state index >= 15 is 0 Å². The Morgan fingerprint density at radius 2 is 1.86 bits per heavy atom. The van der Waals surface area contributed by atoms with Crippen molar-refractivity contribution in [3.63, 3.8) is 0 Å². The van der Waals surface area contributed by atoms with Crippen molar-refractivity contribution in [2.45, 2.75) is 19.6 Å². The second kappa shape index (κ2) is 7.81. The fourth-order valence-electron chi connectivity index (χ4n) is 3.51. The number of aromatic nitrogens is 3. The largest absolute Gasteiger partial charge is 0.435 e. The first-order valence-electron chi connectivity index (χ1n) is 8.67. The number of nitrogens with zero attached hydrogens (tertiary/aromatic N) is 4. The summed E-state index contributed by atoms with van der Waals surface area (Å²) >= 11 is 0. The van der Waals surface area contributed by atoms with E-state index in [2.05, 4.69) is 14.9 Å². The molecule has 0 aromatic carbocycles. The Bertz CT molecular complexity index is 999. The summed E-state index contributed by atoms with van der Waals surface area (Å²) in [4.78, 5) is 9.95. The highest BCUT2D eigenvalue weighted by atomic mass is 35.5. The van der Waals surface area contributed by atoms with Crippen LogP contribution in [0.1, 0.15) is 11.4 Å². The second-order valence-electron chi connectivity index (χ2n) is 6.59. The zero-order valence-electron chi connectivity index (χ0n) is 15.1. The molecule has 0 radical (unpaired) electrons. The van der Waals surface area contributed by atoms with Crippen LogP contribution in [0.15, 0.2) is 18.3 Å². The number of pyridine rings is 2. The molecule has 10 heteroatoms. The van der Waals surface area contributed by atoms with Crippen LogP contribution in [0.3, 0.4) is 0 Å². The quantitative estimate of drug-likeness (QED) is 0.607. The molecule has 3 aromatic rings. The summed E-state index contributed by atoms with van der Waals surface area (Å²) < 4.78 is 61.6. The maximum absolute atomic E-state index is 14.1. The van der Waals surface area contributed by atoms with E-state index in [1.807, 2.05) is 0 Å². The Hall–Kier alpha value is -1.97. The van der Waals surface area contributed by atoms with E-state index in [4.69, 9.17) is 4.74 Å². The predicted molar refractivity (Wildman–Crippen MR) is 99.2 cm³/mol.